The third-order valence-corrected chi connectivity index (χ3v) is 2.26. The van der Waals surface area contributed by atoms with Gasteiger partial charge in [0.2, 0.25) is 6.41 Å². The molecule has 2 aromatic heterocycles. The highest BCUT2D eigenvalue weighted by atomic mass is 16.1. The molecule has 1 amide bonds. The van der Waals surface area contributed by atoms with Crippen LogP contribution in [0.5, 0.6) is 0 Å². The maximum absolute atomic E-state index is 10.3. The lowest BCUT2D eigenvalue weighted by Crippen LogP contribution is -2.05. The average Bonchev–Trinajstić information content (AvgIpc) is 2.62. The molecule has 0 aliphatic carbocycles. The highest BCUT2D eigenvalue weighted by Crippen LogP contribution is 2.22. The van der Waals surface area contributed by atoms with E-state index in [-0.39, 0.29) is 0 Å². The van der Waals surface area contributed by atoms with Gasteiger partial charge in [-0.3, -0.25) is 9.78 Å². The maximum atomic E-state index is 10.3. The second-order valence-electron chi connectivity index (χ2n) is 3.28. The molecule has 0 bridgehead atoms. The van der Waals surface area contributed by atoms with E-state index in [2.05, 4.69) is 15.4 Å². The topological polar surface area (TPSA) is 85.8 Å². The Morgan fingerprint density at radius 3 is 3.00 bits per heavy atom. The van der Waals surface area contributed by atoms with E-state index in [0.29, 0.717) is 17.9 Å². The van der Waals surface area contributed by atoms with E-state index >= 15 is 0 Å². The Hall–Kier alpha value is -2.37. The van der Waals surface area contributed by atoms with Gasteiger partial charge in [0, 0.05) is 6.20 Å². The Kier molecular flexibility index (Phi) is 2.55. The van der Waals surface area contributed by atoms with E-state index in [9.17, 15) is 4.79 Å². The standard InChI is InChI=1S/C10H11N5O/c1-7-2-3-12-5-9(7)15-10(11)8(4-14-15)13-6-16/h2-6H,11H2,1H3,(H,13,16). The molecule has 2 rings (SSSR count). The zero-order valence-electron chi connectivity index (χ0n) is 8.71. The van der Waals surface area contributed by atoms with Crippen LogP contribution in [0, 0.1) is 6.92 Å². The van der Waals surface area contributed by atoms with Crippen LogP contribution in [0.1, 0.15) is 5.56 Å². The van der Waals surface area contributed by atoms with Gasteiger partial charge in [0.1, 0.15) is 5.69 Å². The van der Waals surface area contributed by atoms with Crippen LogP contribution >= 0.6 is 0 Å². The highest BCUT2D eigenvalue weighted by molar-refractivity contribution is 5.78. The van der Waals surface area contributed by atoms with Crippen molar-refractivity contribution in [3.63, 3.8) is 0 Å². The molecule has 6 nitrogen and oxygen atoms in total. The molecule has 0 aliphatic heterocycles. The third kappa shape index (κ3) is 1.60. The fourth-order valence-corrected chi connectivity index (χ4v) is 1.40. The fraction of sp³-hybridized carbons (Fsp3) is 0.100. The van der Waals surface area contributed by atoms with Crippen molar-refractivity contribution in [3.05, 3.63) is 30.2 Å². The summed E-state index contributed by atoms with van der Waals surface area (Å²) in [6.45, 7) is 1.94. The molecule has 2 aromatic rings. The van der Waals surface area contributed by atoms with Gasteiger partial charge < -0.3 is 11.1 Å². The number of nitrogen functional groups attached to an aromatic ring is 1. The monoisotopic (exact) mass is 217 g/mol. The molecule has 16 heavy (non-hydrogen) atoms. The maximum Gasteiger partial charge on any atom is 0.211 e. The molecule has 82 valence electrons. The molecule has 0 atom stereocenters. The second kappa shape index (κ2) is 4.01. The lowest BCUT2D eigenvalue weighted by Gasteiger charge is -2.06. The lowest BCUT2D eigenvalue weighted by molar-refractivity contribution is -0.105. The molecule has 2 heterocycles. The van der Waals surface area contributed by atoms with Crippen LogP contribution in [-0.4, -0.2) is 21.2 Å². The number of aryl methyl sites for hydroxylation is 1. The van der Waals surface area contributed by atoms with Gasteiger partial charge >= 0.3 is 0 Å². The number of anilines is 2. The number of carbonyl (C=O) groups excluding carboxylic acids is 1. The van der Waals surface area contributed by atoms with E-state index in [1.54, 1.807) is 12.4 Å². The van der Waals surface area contributed by atoms with Gasteiger partial charge in [0.25, 0.3) is 0 Å². The Morgan fingerprint density at radius 1 is 1.50 bits per heavy atom. The molecular formula is C10H11N5O. The first-order valence-corrected chi connectivity index (χ1v) is 4.68. The van der Waals surface area contributed by atoms with E-state index < -0.39 is 0 Å². The molecule has 0 saturated heterocycles. The molecule has 0 aliphatic rings. The quantitative estimate of drug-likeness (QED) is 0.742. The summed E-state index contributed by atoms with van der Waals surface area (Å²) in [4.78, 5) is 14.3. The first kappa shape index (κ1) is 10.2. The Morgan fingerprint density at radius 2 is 2.31 bits per heavy atom. The number of aromatic nitrogens is 3. The van der Waals surface area contributed by atoms with Crippen LogP contribution in [0.3, 0.4) is 0 Å². The number of hydrogen-bond acceptors (Lipinski definition) is 4. The summed E-state index contributed by atoms with van der Waals surface area (Å²) >= 11 is 0. The summed E-state index contributed by atoms with van der Waals surface area (Å²) in [5, 5.41) is 6.57. The summed E-state index contributed by atoms with van der Waals surface area (Å²) in [5.41, 5.74) is 8.12. The number of pyridine rings is 1. The third-order valence-electron chi connectivity index (χ3n) is 2.26. The van der Waals surface area contributed by atoms with Crippen LogP contribution in [0.25, 0.3) is 5.69 Å². The van der Waals surface area contributed by atoms with Crippen molar-refractivity contribution < 1.29 is 4.79 Å². The van der Waals surface area contributed by atoms with Gasteiger partial charge in [-0.05, 0) is 18.6 Å². The lowest BCUT2D eigenvalue weighted by atomic mass is 10.2. The van der Waals surface area contributed by atoms with Crippen molar-refractivity contribution in [3.8, 4) is 5.69 Å². The Balaban J connectivity index is 2.49. The minimum absolute atomic E-state index is 0.378. The van der Waals surface area contributed by atoms with Gasteiger partial charge in [0.05, 0.1) is 18.1 Å². The van der Waals surface area contributed by atoms with Crippen molar-refractivity contribution in [2.24, 2.45) is 0 Å². The van der Waals surface area contributed by atoms with Gasteiger partial charge in [-0.15, -0.1) is 0 Å². The predicted molar refractivity (Wildman–Crippen MR) is 60.2 cm³/mol. The van der Waals surface area contributed by atoms with Crippen molar-refractivity contribution in [1.82, 2.24) is 14.8 Å². The van der Waals surface area contributed by atoms with Crippen LogP contribution in [-0.2, 0) is 4.79 Å². The Bertz CT molecular complexity index is 520. The van der Waals surface area contributed by atoms with E-state index in [1.807, 2.05) is 13.0 Å². The molecule has 0 aromatic carbocycles. The van der Waals surface area contributed by atoms with Crippen LogP contribution in [0.15, 0.2) is 24.7 Å². The SMILES string of the molecule is Cc1ccncc1-n1ncc(NC=O)c1N. The number of nitrogens with two attached hydrogens (primary N) is 1. The molecule has 0 saturated carbocycles. The number of hydrogen-bond donors (Lipinski definition) is 2. The molecule has 6 heteroatoms. The summed E-state index contributed by atoms with van der Waals surface area (Å²) in [6.07, 6.45) is 5.43. The molecule has 0 unspecified atom stereocenters. The van der Waals surface area contributed by atoms with Gasteiger partial charge in [-0.1, -0.05) is 0 Å². The Labute approximate surface area is 92.1 Å². The predicted octanol–water partition coefficient (Wildman–Crippen LogP) is 0.726. The molecule has 0 radical (unpaired) electrons. The van der Waals surface area contributed by atoms with Crippen LogP contribution < -0.4 is 11.1 Å². The minimum atomic E-state index is 0.378. The van der Waals surface area contributed by atoms with E-state index in [0.717, 1.165) is 11.3 Å². The summed E-state index contributed by atoms with van der Waals surface area (Å²) in [5.74, 6) is 0.378. The number of nitrogens with zero attached hydrogens (tertiary/aromatic N) is 3. The number of carbonyl (C=O) groups is 1. The normalized spacial score (nSPS) is 10.1. The van der Waals surface area contributed by atoms with Gasteiger partial charge in [0.15, 0.2) is 5.82 Å². The fourth-order valence-electron chi connectivity index (χ4n) is 1.40. The number of rotatable bonds is 3. The summed E-state index contributed by atoms with van der Waals surface area (Å²) in [7, 11) is 0. The second-order valence-corrected chi connectivity index (χ2v) is 3.28. The van der Waals surface area contributed by atoms with Crippen molar-refractivity contribution >= 4 is 17.9 Å². The first-order chi connectivity index (χ1) is 7.74. The van der Waals surface area contributed by atoms with Crippen LogP contribution in [0.2, 0.25) is 0 Å². The summed E-state index contributed by atoms with van der Waals surface area (Å²) in [6, 6.07) is 1.86. The van der Waals surface area contributed by atoms with Crippen molar-refractivity contribution in [2.45, 2.75) is 6.92 Å². The van der Waals surface area contributed by atoms with Gasteiger partial charge in [-0.25, -0.2) is 4.68 Å². The number of amides is 1. The van der Waals surface area contributed by atoms with E-state index in [4.69, 9.17) is 5.73 Å². The van der Waals surface area contributed by atoms with Crippen LogP contribution in [0.4, 0.5) is 11.5 Å². The highest BCUT2D eigenvalue weighted by Gasteiger charge is 2.09. The summed E-state index contributed by atoms with van der Waals surface area (Å²) < 4.78 is 1.54. The molecular weight excluding hydrogens is 206 g/mol. The molecule has 0 spiro atoms. The zero-order chi connectivity index (χ0) is 11.5. The minimum Gasteiger partial charge on any atom is -0.382 e. The zero-order valence-corrected chi connectivity index (χ0v) is 8.71. The smallest absolute Gasteiger partial charge is 0.211 e. The van der Waals surface area contributed by atoms with Crippen molar-refractivity contribution in [2.75, 3.05) is 11.1 Å². The molecule has 3 N–H and O–H groups in total. The van der Waals surface area contributed by atoms with Gasteiger partial charge in [-0.2, -0.15) is 5.10 Å². The number of nitrogens with one attached hydrogen (secondary N) is 1. The molecule has 0 fully saturated rings. The largest absolute Gasteiger partial charge is 0.382 e. The average molecular weight is 217 g/mol. The van der Waals surface area contributed by atoms with E-state index in [1.165, 1.54) is 10.9 Å². The van der Waals surface area contributed by atoms with Crippen molar-refractivity contribution in [1.29, 1.82) is 0 Å². The first-order valence-electron chi connectivity index (χ1n) is 4.68.